The van der Waals surface area contributed by atoms with Gasteiger partial charge in [0.05, 0.1) is 0 Å². The Morgan fingerprint density at radius 3 is 2.47 bits per heavy atom. The van der Waals surface area contributed by atoms with Crippen molar-refractivity contribution in [3.8, 4) is 0 Å². The minimum Gasteiger partial charge on any atom is -0.365 e. The van der Waals surface area contributed by atoms with E-state index in [0.717, 1.165) is 6.04 Å². The summed E-state index contributed by atoms with van der Waals surface area (Å²) in [6.07, 6.45) is 9.79. The third-order valence-electron chi connectivity index (χ3n) is 4.48. The molecule has 0 amide bonds. The van der Waals surface area contributed by atoms with Crippen LogP contribution in [0.4, 0.5) is 5.69 Å². The number of hydrogen-bond acceptors (Lipinski definition) is 1. The summed E-state index contributed by atoms with van der Waals surface area (Å²) >= 11 is 0. The fraction of sp³-hybridized carbons (Fsp3) is 0.625. The van der Waals surface area contributed by atoms with Crippen molar-refractivity contribution in [2.45, 2.75) is 64.0 Å². The van der Waals surface area contributed by atoms with Gasteiger partial charge in [-0.2, -0.15) is 0 Å². The quantitative estimate of drug-likeness (QED) is 0.654. The van der Waals surface area contributed by atoms with E-state index in [1.807, 2.05) is 0 Å². The predicted octanol–water partition coefficient (Wildman–Crippen LogP) is 4.16. The third kappa shape index (κ3) is 2.08. The SMILES string of the molecule is CC1Cc2ccccc2N1C1CCCCCC1. The molecule has 1 nitrogen and oxygen atoms in total. The molecule has 0 saturated heterocycles. The molecular formula is C16H23N. The Morgan fingerprint density at radius 2 is 1.71 bits per heavy atom. The molecule has 0 radical (unpaired) electrons. The Hall–Kier alpha value is -0.980. The van der Waals surface area contributed by atoms with Gasteiger partial charge < -0.3 is 4.90 Å². The first-order chi connectivity index (χ1) is 8.36. The number of benzene rings is 1. The van der Waals surface area contributed by atoms with Crippen LogP contribution < -0.4 is 4.90 Å². The summed E-state index contributed by atoms with van der Waals surface area (Å²) in [7, 11) is 0. The number of hydrogen-bond donors (Lipinski definition) is 0. The maximum Gasteiger partial charge on any atom is 0.0404 e. The molecule has 0 spiro atoms. The van der Waals surface area contributed by atoms with Crippen molar-refractivity contribution in [3.63, 3.8) is 0 Å². The van der Waals surface area contributed by atoms with Crippen molar-refractivity contribution in [1.82, 2.24) is 0 Å². The van der Waals surface area contributed by atoms with Crippen LogP contribution in [0.2, 0.25) is 0 Å². The summed E-state index contributed by atoms with van der Waals surface area (Å²) in [6, 6.07) is 10.5. The van der Waals surface area contributed by atoms with Crippen molar-refractivity contribution < 1.29 is 0 Å². The number of para-hydroxylation sites is 1. The topological polar surface area (TPSA) is 3.24 Å². The molecular weight excluding hydrogens is 206 g/mol. The van der Waals surface area contributed by atoms with Gasteiger partial charge in [0, 0.05) is 17.8 Å². The van der Waals surface area contributed by atoms with Crippen LogP contribution in [-0.2, 0) is 6.42 Å². The van der Waals surface area contributed by atoms with Gasteiger partial charge in [0.2, 0.25) is 0 Å². The van der Waals surface area contributed by atoms with Gasteiger partial charge in [-0.05, 0) is 37.8 Å². The summed E-state index contributed by atoms with van der Waals surface area (Å²) in [5.74, 6) is 0. The lowest BCUT2D eigenvalue weighted by atomic mass is 10.1. The minimum atomic E-state index is 0.704. The Kier molecular flexibility index (Phi) is 3.09. The minimum absolute atomic E-state index is 0.704. The second-order valence-corrected chi connectivity index (χ2v) is 5.73. The number of rotatable bonds is 1. The first-order valence-corrected chi connectivity index (χ1v) is 7.22. The average molecular weight is 229 g/mol. The standard InChI is InChI=1S/C16H23N/c1-13-12-14-8-6-7-11-16(14)17(13)15-9-4-2-3-5-10-15/h6-8,11,13,15H,2-5,9-10,12H2,1H3. The van der Waals surface area contributed by atoms with Gasteiger partial charge in [0.15, 0.2) is 0 Å². The molecule has 3 rings (SSSR count). The first-order valence-electron chi connectivity index (χ1n) is 7.22. The van der Waals surface area contributed by atoms with E-state index < -0.39 is 0 Å². The molecule has 1 atom stereocenters. The van der Waals surface area contributed by atoms with E-state index in [9.17, 15) is 0 Å². The van der Waals surface area contributed by atoms with Gasteiger partial charge in [0.1, 0.15) is 0 Å². The second kappa shape index (κ2) is 4.72. The molecule has 17 heavy (non-hydrogen) atoms. The summed E-state index contributed by atoms with van der Waals surface area (Å²) in [6.45, 7) is 2.39. The zero-order valence-corrected chi connectivity index (χ0v) is 10.9. The zero-order valence-electron chi connectivity index (χ0n) is 10.9. The maximum atomic E-state index is 2.72. The van der Waals surface area contributed by atoms with Crippen molar-refractivity contribution in [2.75, 3.05) is 4.90 Å². The highest BCUT2D eigenvalue weighted by Gasteiger charge is 2.31. The van der Waals surface area contributed by atoms with Crippen LogP contribution in [0.25, 0.3) is 0 Å². The lowest BCUT2D eigenvalue weighted by Gasteiger charge is -2.33. The van der Waals surface area contributed by atoms with Crippen LogP contribution in [0.3, 0.4) is 0 Å². The van der Waals surface area contributed by atoms with Crippen LogP contribution in [0.5, 0.6) is 0 Å². The molecule has 1 heteroatoms. The van der Waals surface area contributed by atoms with Gasteiger partial charge in [0.25, 0.3) is 0 Å². The lowest BCUT2D eigenvalue weighted by molar-refractivity contribution is 0.493. The molecule has 1 unspecified atom stereocenters. The number of nitrogens with zero attached hydrogens (tertiary/aromatic N) is 1. The fourth-order valence-corrected chi connectivity index (χ4v) is 3.68. The van der Waals surface area contributed by atoms with Gasteiger partial charge >= 0.3 is 0 Å². The van der Waals surface area contributed by atoms with Gasteiger partial charge in [-0.1, -0.05) is 43.9 Å². The molecule has 2 aliphatic rings. The molecule has 0 bridgehead atoms. The highest BCUT2D eigenvalue weighted by atomic mass is 15.2. The molecule has 1 aromatic carbocycles. The summed E-state index contributed by atoms with van der Waals surface area (Å²) in [5, 5.41) is 0. The van der Waals surface area contributed by atoms with Crippen molar-refractivity contribution in [1.29, 1.82) is 0 Å². The molecule has 0 aromatic heterocycles. The highest BCUT2D eigenvalue weighted by molar-refractivity contribution is 5.60. The monoisotopic (exact) mass is 229 g/mol. The summed E-state index contributed by atoms with van der Waals surface area (Å²) < 4.78 is 0. The molecule has 92 valence electrons. The van der Waals surface area contributed by atoms with Gasteiger partial charge in [-0.25, -0.2) is 0 Å². The summed E-state index contributed by atoms with van der Waals surface area (Å²) in [5.41, 5.74) is 3.08. The second-order valence-electron chi connectivity index (χ2n) is 5.73. The van der Waals surface area contributed by atoms with Gasteiger partial charge in [-0.3, -0.25) is 0 Å². The lowest BCUT2D eigenvalue weighted by Crippen LogP contribution is -2.39. The molecule has 1 aliphatic carbocycles. The van der Waals surface area contributed by atoms with Crippen LogP contribution in [0.1, 0.15) is 51.0 Å². The highest BCUT2D eigenvalue weighted by Crippen LogP contribution is 2.36. The number of fused-ring (bicyclic) bond motifs is 1. The van der Waals surface area contributed by atoms with E-state index >= 15 is 0 Å². The van der Waals surface area contributed by atoms with E-state index in [1.54, 1.807) is 5.56 Å². The van der Waals surface area contributed by atoms with E-state index in [2.05, 4.69) is 36.1 Å². The Labute approximate surface area is 105 Å². The fourth-order valence-electron chi connectivity index (χ4n) is 3.68. The molecule has 0 N–H and O–H groups in total. The van der Waals surface area contributed by atoms with Crippen LogP contribution in [-0.4, -0.2) is 12.1 Å². The third-order valence-corrected chi connectivity index (χ3v) is 4.48. The smallest absolute Gasteiger partial charge is 0.0404 e. The van der Waals surface area contributed by atoms with E-state index in [4.69, 9.17) is 0 Å². The van der Waals surface area contributed by atoms with Crippen molar-refractivity contribution >= 4 is 5.69 Å². The molecule has 1 saturated carbocycles. The Balaban J connectivity index is 1.86. The number of anilines is 1. The first kappa shape index (κ1) is 11.1. The van der Waals surface area contributed by atoms with Gasteiger partial charge in [-0.15, -0.1) is 0 Å². The van der Waals surface area contributed by atoms with E-state index in [-0.39, 0.29) is 0 Å². The maximum absolute atomic E-state index is 2.72. The van der Waals surface area contributed by atoms with Crippen molar-refractivity contribution in [2.24, 2.45) is 0 Å². The largest absolute Gasteiger partial charge is 0.365 e. The van der Waals surface area contributed by atoms with Crippen LogP contribution in [0.15, 0.2) is 24.3 Å². The molecule has 1 fully saturated rings. The normalized spacial score (nSPS) is 25.7. The Bertz CT molecular complexity index is 377. The molecule has 1 aliphatic heterocycles. The van der Waals surface area contributed by atoms with Crippen LogP contribution >= 0.6 is 0 Å². The van der Waals surface area contributed by atoms with Crippen molar-refractivity contribution in [3.05, 3.63) is 29.8 Å². The van der Waals surface area contributed by atoms with E-state index in [1.165, 1.54) is 50.6 Å². The zero-order chi connectivity index (χ0) is 11.7. The average Bonchev–Trinajstić information content (AvgIpc) is 2.53. The predicted molar refractivity (Wildman–Crippen MR) is 73.6 cm³/mol. The Morgan fingerprint density at radius 1 is 1.00 bits per heavy atom. The molecule has 1 heterocycles. The summed E-state index contributed by atoms with van der Waals surface area (Å²) in [4.78, 5) is 2.72. The van der Waals surface area contributed by atoms with E-state index in [0.29, 0.717) is 6.04 Å². The molecule has 1 aromatic rings. The van der Waals surface area contributed by atoms with Crippen LogP contribution in [0, 0.1) is 0 Å².